The van der Waals surface area contributed by atoms with Gasteiger partial charge in [0.05, 0.1) is 6.61 Å². The van der Waals surface area contributed by atoms with Crippen LogP contribution in [0.2, 0.25) is 0 Å². The normalized spacial score (nSPS) is 28.3. The van der Waals surface area contributed by atoms with E-state index < -0.39 is 45.4 Å². The van der Waals surface area contributed by atoms with E-state index in [-0.39, 0.29) is 5.95 Å². The SMILES string of the molecule is Nc1ncn([C@@H]2O[C@H](CO)[C@@H](O)[C@H]2O)c(=O)n1.OP(O)O. The molecule has 0 radical (unpaired) electrons. The van der Waals surface area contributed by atoms with Crippen molar-refractivity contribution in [3.63, 3.8) is 0 Å². The van der Waals surface area contributed by atoms with Crippen LogP contribution in [0.5, 0.6) is 0 Å². The van der Waals surface area contributed by atoms with E-state index in [1.807, 2.05) is 0 Å². The second kappa shape index (κ2) is 7.68. The maximum absolute atomic E-state index is 11.5. The first kappa shape index (κ1) is 17.8. The summed E-state index contributed by atoms with van der Waals surface area (Å²) in [5, 5.41) is 28.1. The molecule has 0 aliphatic carbocycles. The molecule has 21 heavy (non-hydrogen) atoms. The fourth-order valence-corrected chi connectivity index (χ4v) is 1.64. The number of nitrogens with zero attached hydrogens (tertiary/aromatic N) is 3. The van der Waals surface area contributed by atoms with Gasteiger partial charge >= 0.3 is 14.3 Å². The van der Waals surface area contributed by atoms with E-state index in [4.69, 9.17) is 30.3 Å². The van der Waals surface area contributed by atoms with E-state index in [1.54, 1.807) is 0 Å². The average Bonchev–Trinajstić information content (AvgIpc) is 2.66. The predicted molar refractivity (Wildman–Crippen MR) is 67.3 cm³/mol. The molecule has 1 aliphatic rings. The number of hydrogen-bond acceptors (Lipinski definition) is 11. The number of nitrogen functional groups attached to an aromatic ring is 1. The smallest absolute Gasteiger partial charge is 0.354 e. The van der Waals surface area contributed by atoms with Gasteiger partial charge in [-0.05, 0) is 0 Å². The van der Waals surface area contributed by atoms with Crippen molar-refractivity contribution in [3.05, 3.63) is 16.8 Å². The van der Waals surface area contributed by atoms with E-state index in [0.717, 1.165) is 10.9 Å². The van der Waals surface area contributed by atoms with Gasteiger partial charge in [-0.25, -0.2) is 9.78 Å². The lowest BCUT2D eigenvalue weighted by atomic mass is 10.1. The van der Waals surface area contributed by atoms with Crippen molar-refractivity contribution in [2.45, 2.75) is 24.5 Å². The Balaban J connectivity index is 0.000000491. The highest BCUT2D eigenvalue weighted by Gasteiger charge is 2.43. The minimum absolute atomic E-state index is 0.196. The van der Waals surface area contributed by atoms with Gasteiger partial charge in [-0.15, -0.1) is 0 Å². The highest BCUT2D eigenvalue weighted by Crippen LogP contribution is 2.27. The van der Waals surface area contributed by atoms with E-state index in [1.165, 1.54) is 0 Å². The van der Waals surface area contributed by atoms with Gasteiger partial charge in [-0.2, -0.15) is 4.98 Å². The zero-order valence-electron chi connectivity index (χ0n) is 10.5. The Labute approximate surface area is 118 Å². The molecule has 1 aromatic heterocycles. The molecule has 1 aliphatic heterocycles. The summed E-state index contributed by atoms with van der Waals surface area (Å²) in [4.78, 5) is 40.1. The maximum Gasteiger partial charge on any atom is 0.354 e. The molecule has 2 rings (SSSR count). The molecule has 1 fully saturated rings. The van der Waals surface area contributed by atoms with Gasteiger partial charge in [0.25, 0.3) is 0 Å². The number of aliphatic hydroxyl groups excluding tert-OH is 3. The molecule has 1 aromatic rings. The zero-order chi connectivity index (χ0) is 16.2. The van der Waals surface area contributed by atoms with Gasteiger partial charge in [-0.1, -0.05) is 0 Å². The van der Waals surface area contributed by atoms with Gasteiger partial charge in [0, 0.05) is 0 Å². The van der Waals surface area contributed by atoms with Gasteiger partial charge < -0.3 is 40.5 Å². The third-order valence-electron chi connectivity index (χ3n) is 2.54. The highest BCUT2D eigenvalue weighted by molar-refractivity contribution is 7.38. The third kappa shape index (κ3) is 4.62. The molecule has 2 heterocycles. The maximum atomic E-state index is 11.5. The van der Waals surface area contributed by atoms with Crippen LogP contribution in [0.3, 0.4) is 0 Å². The first-order valence-corrected chi connectivity index (χ1v) is 6.67. The molecule has 120 valence electrons. The molecule has 8 N–H and O–H groups in total. The fourth-order valence-electron chi connectivity index (χ4n) is 1.64. The van der Waals surface area contributed by atoms with Crippen LogP contribution < -0.4 is 11.4 Å². The second-order valence-electron chi connectivity index (χ2n) is 3.90. The highest BCUT2D eigenvalue weighted by atomic mass is 31.2. The van der Waals surface area contributed by atoms with Crippen molar-refractivity contribution < 1.29 is 34.7 Å². The van der Waals surface area contributed by atoms with Gasteiger partial charge in [0.1, 0.15) is 24.6 Å². The largest absolute Gasteiger partial charge is 0.394 e. The van der Waals surface area contributed by atoms with Crippen LogP contribution in [-0.2, 0) is 4.74 Å². The minimum atomic E-state index is -2.62. The van der Waals surface area contributed by atoms with Crippen LogP contribution in [0.1, 0.15) is 6.23 Å². The average molecular weight is 326 g/mol. The molecule has 1 saturated heterocycles. The Hall–Kier alpha value is -1.24. The standard InChI is InChI=1S/C8H12N4O5.H3O3P/c9-7-10-2-12(8(16)11-7)6-5(15)4(14)3(1-13)17-6;1-4(2)3/h2-6,13-15H,1H2,(H2,9,11,16);1-3H/t3-,4-,5-,6-;/m1./s1. The van der Waals surface area contributed by atoms with Crippen molar-refractivity contribution >= 4 is 14.6 Å². The lowest BCUT2D eigenvalue weighted by Crippen LogP contribution is -2.36. The third-order valence-corrected chi connectivity index (χ3v) is 2.54. The summed E-state index contributed by atoms with van der Waals surface area (Å²) < 4.78 is 6.04. The number of aromatic nitrogens is 3. The van der Waals surface area contributed by atoms with E-state index in [0.29, 0.717) is 0 Å². The van der Waals surface area contributed by atoms with Gasteiger partial charge in [0.15, 0.2) is 6.23 Å². The molecule has 0 saturated carbocycles. The number of anilines is 1. The summed E-state index contributed by atoms with van der Waals surface area (Å²) in [5.41, 5.74) is 4.46. The second-order valence-corrected chi connectivity index (χ2v) is 4.44. The summed E-state index contributed by atoms with van der Waals surface area (Å²) in [5.74, 6) is -0.196. The Kier molecular flexibility index (Phi) is 6.51. The number of hydrogen-bond donors (Lipinski definition) is 7. The van der Waals surface area contributed by atoms with Crippen LogP contribution in [0.25, 0.3) is 0 Å². The molecule has 13 heteroatoms. The first-order valence-electron chi connectivity index (χ1n) is 5.47. The molecule has 0 aromatic carbocycles. The molecule has 12 nitrogen and oxygen atoms in total. The first-order chi connectivity index (χ1) is 9.77. The molecule has 0 unspecified atom stereocenters. The summed E-state index contributed by atoms with van der Waals surface area (Å²) in [6.07, 6.45) is -3.67. The molecule has 4 atom stereocenters. The Morgan fingerprint density at radius 2 is 1.90 bits per heavy atom. The number of ether oxygens (including phenoxy) is 1. The predicted octanol–water partition coefficient (Wildman–Crippen LogP) is -3.98. The molecule has 0 bridgehead atoms. The van der Waals surface area contributed by atoms with E-state index >= 15 is 0 Å². The molecular formula is C8H15N4O8P. The van der Waals surface area contributed by atoms with Crippen molar-refractivity contribution in [2.75, 3.05) is 12.3 Å². The summed E-state index contributed by atoms with van der Waals surface area (Å²) in [6.45, 7) is -0.473. The number of rotatable bonds is 2. The van der Waals surface area contributed by atoms with Crippen LogP contribution >= 0.6 is 8.60 Å². The monoisotopic (exact) mass is 326 g/mol. The Morgan fingerprint density at radius 1 is 1.33 bits per heavy atom. The van der Waals surface area contributed by atoms with Crippen molar-refractivity contribution in [1.29, 1.82) is 0 Å². The number of nitrogens with two attached hydrogens (primary N) is 1. The van der Waals surface area contributed by atoms with E-state index in [9.17, 15) is 15.0 Å². The minimum Gasteiger partial charge on any atom is -0.394 e. The summed E-state index contributed by atoms with van der Waals surface area (Å²) in [7, 11) is -2.62. The lowest BCUT2D eigenvalue weighted by Gasteiger charge is -2.16. The van der Waals surface area contributed by atoms with Crippen molar-refractivity contribution in [1.82, 2.24) is 14.5 Å². The molecule has 0 spiro atoms. The summed E-state index contributed by atoms with van der Waals surface area (Å²) in [6, 6.07) is 0. The fraction of sp³-hybridized carbons (Fsp3) is 0.625. The molecular weight excluding hydrogens is 311 g/mol. The van der Waals surface area contributed by atoms with E-state index in [2.05, 4.69) is 9.97 Å². The van der Waals surface area contributed by atoms with Crippen LogP contribution in [0, 0.1) is 0 Å². The van der Waals surface area contributed by atoms with Gasteiger partial charge in [-0.3, -0.25) is 4.57 Å². The number of aliphatic hydroxyl groups is 3. The zero-order valence-corrected chi connectivity index (χ0v) is 11.4. The van der Waals surface area contributed by atoms with Crippen molar-refractivity contribution in [3.8, 4) is 0 Å². The Morgan fingerprint density at radius 3 is 2.33 bits per heavy atom. The quantitative estimate of drug-likeness (QED) is 0.261. The topological polar surface area (TPSA) is 204 Å². The lowest BCUT2D eigenvalue weighted by molar-refractivity contribution is -0.0554. The Bertz CT molecular complexity index is 511. The van der Waals surface area contributed by atoms with Crippen LogP contribution in [-0.4, -0.2) is 69.5 Å². The molecule has 0 amide bonds. The van der Waals surface area contributed by atoms with Gasteiger partial charge in [0.2, 0.25) is 5.95 Å². The van der Waals surface area contributed by atoms with Crippen molar-refractivity contribution in [2.24, 2.45) is 0 Å². The van der Waals surface area contributed by atoms with Crippen LogP contribution in [0.15, 0.2) is 11.1 Å². The van der Waals surface area contributed by atoms with Crippen LogP contribution in [0.4, 0.5) is 5.95 Å². The summed E-state index contributed by atoms with van der Waals surface area (Å²) >= 11 is 0.